The number of nitrogens with zero attached hydrogens (tertiary/aromatic N) is 2. The Kier molecular flexibility index (Phi) is 4.36. The molecule has 136 valence electrons. The van der Waals surface area contributed by atoms with E-state index in [0.29, 0.717) is 29.9 Å². The van der Waals surface area contributed by atoms with Crippen LogP contribution in [-0.4, -0.2) is 41.2 Å². The van der Waals surface area contributed by atoms with E-state index in [9.17, 15) is 9.59 Å². The molecule has 1 atom stereocenters. The molecule has 1 spiro atoms. The topological polar surface area (TPSA) is 60.8 Å². The molecule has 4 rings (SSSR count). The molecule has 2 aliphatic rings. The number of aromatic nitrogens is 1. The Bertz CT molecular complexity index is 904. The largest absolute Gasteiger partial charge is 0.483 e. The first-order valence-corrected chi connectivity index (χ1v) is 9.27. The average Bonchev–Trinajstić information content (AvgIpc) is 3.11. The van der Waals surface area contributed by atoms with Gasteiger partial charge in [-0.3, -0.25) is 9.59 Å². The Labute approximate surface area is 159 Å². The fraction of sp³-hybridized carbons (Fsp3) is 0.368. The molecular weight excluding hydrogens is 400 g/mol. The lowest BCUT2D eigenvalue weighted by Gasteiger charge is -2.43. The summed E-state index contributed by atoms with van der Waals surface area (Å²) in [7, 11) is 1.77. The molecule has 1 aromatic heterocycles. The molecule has 3 heterocycles. The minimum absolute atomic E-state index is 0.0915. The highest BCUT2D eigenvalue weighted by Crippen LogP contribution is 2.35. The van der Waals surface area contributed by atoms with Gasteiger partial charge in [-0.2, -0.15) is 0 Å². The Balaban J connectivity index is 1.75. The summed E-state index contributed by atoms with van der Waals surface area (Å²) in [5.74, 6) is -0.122. The summed E-state index contributed by atoms with van der Waals surface area (Å²) in [5, 5.41) is 0. The first-order valence-electron chi connectivity index (χ1n) is 8.47. The molecule has 26 heavy (non-hydrogen) atoms. The molecule has 1 aromatic carbocycles. The minimum atomic E-state index is -0.366. The van der Waals surface area contributed by atoms with Crippen molar-refractivity contribution in [3.8, 4) is 5.75 Å². The Morgan fingerprint density at radius 3 is 2.73 bits per heavy atom. The third-order valence-corrected chi connectivity index (χ3v) is 5.75. The van der Waals surface area contributed by atoms with Gasteiger partial charge in [0, 0.05) is 26.4 Å². The van der Waals surface area contributed by atoms with Gasteiger partial charge < -0.3 is 18.9 Å². The second kappa shape index (κ2) is 6.55. The minimum Gasteiger partial charge on any atom is -0.483 e. The maximum absolute atomic E-state index is 13.1. The summed E-state index contributed by atoms with van der Waals surface area (Å²) >= 11 is 3.31. The quantitative estimate of drug-likeness (QED) is 0.767. The van der Waals surface area contributed by atoms with Crippen molar-refractivity contribution in [3.63, 3.8) is 0 Å². The second-order valence-electron chi connectivity index (χ2n) is 6.78. The Morgan fingerprint density at radius 1 is 1.27 bits per heavy atom. The lowest BCUT2D eigenvalue weighted by atomic mass is 9.93. The molecule has 7 heteroatoms. The average molecular weight is 419 g/mol. The van der Waals surface area contributed by atoms with E-state index >= 15 is 0 Å². The van der Waals surface area contributed by atoms with E-state index in [0.717, 1.165) is 12.0 Å². The van der Waals surface area contributed by atoms with Crippen molar-refractivity contribution in [2.24, 2.45) is 0 Å². The summed E-state index contributed by atoms with van der Waals surface area (Å²) in [6, 6.07) is 9.57. The third-order valence-electron chi connectivity index (χ3n) is 5.19. The van der Waals surface area contributed by atoms with Crippen molar-refractivity contribution in [2.75, 3.05) is 20.3 Å². The smallest absolute Gasteiger partial charge is 0.274 e. The van der Waals surface area contributed by atoms with Gasteiger partial charge >= 0.3 is 0 Å². The number of fused-ring (bicyclic) bond motifs is 1. The molecule has 1 unspecified atom stereocenters. The van der Waals surface area contributed by atoms with Crippen molar-refractivity contribution in [1.29, 1.82) is 0 Å². The Morgan fingerprint density at radius 2 is 2.04 bits per heavy atom. The van der Waals surface area contributed by atoms with Gasteiger partial charge in [-0.05, 0) is 27.9 Å². The molecule has 6 nitrogen and oxygen atoms in total. The van der Waals surface area contributed by atoms with E-state index in [4.69, 9.17) is 9.47 Å². The van der Waals surface area contributed by atoms with E-state index in [1.54, 1.807) is 18.1 Å². The number of ether oxygens (including phenoxy) is 2. The van der Waals surface area contributed by atoms with Crippen molar-refractivity contribution in [2.45, 2.75) is 25.1 Å². The van der Waals surface area contributed by atoms with Gasteiger partial charge in [0.1, 0.15) is 6.61 Å². The molecule has 1 saturated heterocycles. The molecular formula is C19H19BrN2O4. The van der Waals surface area contributed by atoms with Crippen LogP contribution in [0.5, 0.6) is 5.75 Å². The molecule has 2 aliphatic heterocycles. The molecule has 1 fully saturated rings. The number of amides is 1. The van der Waals surface area contributed by atoms with Gasteiger partial charge in [0.2, 0.25) is 5.43 Å². The number of halogens is 1. The molecule has 1 amide bonds. The SMILES string of the molecule is CN1C(=O)c2c(OCc3ccccc3)c(=O)c(Br)cn2CC12CCOC2. The van der Waals surface area contributed by atoms with Gasteiger partial charge in [0.05, 0.1) is 16.6 Å². The lowest BCUT2D eigenvalue weighted by Crippen LogP contribution is -2.57. The van der Waals surface area contributed by atoms with Gasteiger partial charge in [-0.15, -0.1) is 0 Å². The van der Waals surface area contributed by atoms with Crippen LogP contribution < -0.4 is 10.2 Å². The van der Waals surface area contributed by atoms with Gasteiger partial charge in [-0.25, -0.2) is 0 Å². The number of likely N-dealkylation sites (N-methyl/N-ethyl adjacent to an activating group) is 1. The molecule has 2 aromatic rings. The molecule has 0 aliphatic carbocycles. The van der Waals surface area contributed by atoms with Crippen molar-refractivity contribution < 1.29 is 14.3 Å². The van der Waals surface area contributed by atoms with E-state index in [-0.39, 0.29) is 29.2 Å². The Hall–Kier alpha value is -2.12. The normalized spacial score (nSPS) is 21.9. The van der Waals surface area contributed by atoms with Crippen LogP contribution in [-0.2, 0) is 17.9 Å². The van der Waals surface area contributed by atoms with Crippen molar-refractivity contribution in [3.05, 3.63) is 62.5 Å². The number of carbonyl (C=O) groups excluding carboxylic acids is 1. The zero-order chi connectivity index (χ0) is 18.3. The number of hydrogen-bond acceptors (Lipinski definition) is 4. The maximum atomic E-state index is 13.1. The van der Waals surface area contributed by atoms with E-state index in [1.807, 2.05) is 34.9 Å². The lowest BCUT2D eigenvalue weighted by molar-refractivity contribution is 0.0341. The second-order valence-corrected chi connectivity index (χ2v) is 7.63. The summed E-state index contributed by atoms with van der Waals surface area (Å²) < 4.78 is 13.6. The highest BCUT2D eigenvalue weighted by molar-refractivity contribution is 9.10. The monoisotopic (exact) mass is 418 g/mol. The summed E-state index contributed by atoms with van der Waals surface area (Å²) in [4.78, 5) is 27.4. The predicted octanol–water partition coefficient (Wildman–Crippen LogP) is 2.43. The van der Waals surface area contributed by atoms with Crippen LogP contribution in [0.3, 0.4) is 0 Å². The third kappa shape index (κ3) is 2.75. The molecule has 0 radical (unpaired) electrons. The van der Waals surface area contributed by atoms with Gasteiger partial charge in [-0.1, -0.05) is 30.3 Å². The van der Waals surface area contributed by atoms with Crippen molar-refractivity contribution >= 4 is 21.8 Å². The number of benzene rings is 1. The van der Waals surface area contributed by atoms with Gasteiger partial charge in [0.15, 0.2) is 11.4 Å². The maximum Gasteiger partial charge on any atom is 0.274 e. The first-order chi connectivity index (χ1) is 12.5. The van der Waals surface area contributed by atoms with Crippen LogP contribution in [0.4, 0.5) is 0 Å². The van der Waals surface area contributed by atoms with E-state index in [1.165, 1.54) is 0 Å². The fourth-order valence-corrected chi connectivity index (χ4v) is 4.03. The highest BCUT2D eigenvalue weighted by Gasteiger charge is 2.47. The zero-order valence-corrected chi connectivity index (χ0v) is 16.0. The number of hydrogen-bond donors (Lipinski definition) is 0. The summed E-state index contributed by atoms with van der Waals surface area (Å²) in [5.41, 5.74) is 0.555. The zero-order valence-electron chi connectivity index (χ0n) is 14.4. The molecule has 0 bridgehead atoms. The van der Waals surface area contributed by atoms with Gasteiger partial charge in [0.25, 0.3) is 5.91 Å². The number of carbonyl (C=O) groups is 1. The van der Waals surface area contributed by atoms with Crippen molar-refractivity contribution in [1.82, 2.24) is 9.47 Å². The van der Waals surface area contributed by atoms with Crippen LogP contribution in [0.25, 0.3) is 0 Å². The summed E-state index contributed by atoms with van der Waals surface area (Å²) in [6.07, 6.45) is 2.46. The molecule has 0 saturated carbocycles. The first kappa shape index (κ1) is 17.3. The van der Waals surface area contributed by atoms with E-state index in [2.05, 4.69) is 15.9 Å². The standard InChI is InChI=1S/C19H19BrN2O4/c1-21-18(24)15-17(26-10-13-5-3-2-4-6-13)16(23)14(20)9-22(15)11-19(21)7-8-25-12-19/h2-6,9H,7-8,10-12H2,1H3. The van der Waals surface area contributed by atoms with Crippen LogP contribution >= 0.6 is 15.9 Å². The summed E-state index contributed by atoms with van der Waals surface area (Å²) in [6.45, 7) is 1.93. The fourth-order valence-electron chi connectivity index (χ4n) is 3.60. The van der Waals surface area contributed by atoms with Crippen LogP contribution in [0.1, 0.15) is 22.5 Å². The predicted molar refractivity (Wildman–Crippen MR) is 99.4 cm³/mol. The highest BCUT2D eigenvalue weighted by atomic mass is 79.9. The van der Waals surface area contributed by atoms with Crippen LogP contribution in [0.15, 0.2) is 45.8 Å². The number of pyridine rings is 1. The molecule has 0 N–H and O–H groups in total. The number of rotatable bonds is 3. The van der Waals surface area contributed by atoms with Crippen LogP contribution in [0.2, 0.25) is 0 Å². The van der Waals surface area contributed by atoms with Crippen LogP contribution in [0, 0.1) is 0 Å². The van der Waals surface area contributed by atoms with E-state index < -0.39 is 0 Å².